The number of nitrogens with two attached hydrogens (primary N) is 1. The Morgan fingerprint density at radius 2 is 1.82 bits per heavy atom. The molecule has 1 aliphatic rings. The predicted molar refractivity (Wildman–Crippen MR) is 37.3 cm³/mol. The Bertz CT molecular complexity index is 345. The lowest BCUT2D eigenvalue weighted by molar-refractivity contribution is 0.661. The third-order valence-corrected chi connectivity index (χ3v) is 1.85. The smallest absolute Gasteiger partial charge is 0.326 e. The van der Waals surface area contributed by atoms with Crippen LogP contribution in [0.1, 0.15) is 12.5 Å². The minimum atomic E-state index is -0.409. The molecule has 0 aliphatic heterocycles. The summed E-state index contributed by atoms with van der Waals surface area (Å²) in [5.74, 6) is 0. The van der Waals surface area contributed by atoms with Crippen molar-refractivity contribution in [2.75, 3.05) is 0 Å². The number of hydrogen-bond donors (Lipinski definition) is 3. The van der Waals surface area contributed by atoms with Gasteiger partial charge in [-0.1, -0.05) is 0 Å². The van der Waals surface area contributed by atoms with E-state index in [4.69, 9.17) is 5.73 Å². The lowest BCUT2D eigenvalue weighted by Crippen LogP contribution is -2.27. The Morgan fingerprint density at radius 1 is 1.36 bits per heavy atom. The number of rotatable bonds is 1. The Morgan fingerprint density at radius 3 is 2.18 bits per heavy atom. The largest absolute Gasteiger partial charge is 0.344 e. The lowest BCUT2D eigenvalue weighted by Gasteiger charge is -1.90. The molecule has 0 saturated heterocycles. The fourth-order valence-electron chi connectivity index (χ4n) is 1.12. The van der Waals surface area contributed by atoms with E-state index >= 15 is 0 Å². The van der Waals surface area contributed by atoms with Crippen LogP contribution in [0.5, 0.6) is 0 Å². The molecule has 2 atom stereocenters. The topological polar surface area (TPSA) is 96.7 Å². The maximum Gasteiger partial charge on any atom is 0.344 e. The van der Waals surface area contributed by atoms with Gasteiger partial charge in [-0.05, 0) is 6.42 Å². The van der Waals surface area contributed by atoms with Crippen LogP contribution in [0.2, 0.25) is 0 Å². The van der Waals surface area contributed by atoms with Gasteiger partial charge in [-0.3, -0.25) is 0 Å². The van der Waals surface area contributed by atoms with Crippen LogP contribution >= 0.6 is 0 Å². The van der Waals surface area contributed by atoms with Crippen molar-refractivity contribution >= 4 is 0 Å². The van der Waals surface area contributed by atoms with Crippen LogP contribution in [0.4, 0.5) is 0 Å². The molecule has 4 N–H and O–H groups in total. The average molecular weight is 156 g/mol. The highest BCUT2D eigenvalue weighted by Gasteiger charge is 2.37. The van der Waals surface area contributed by atoms with Gasteiger partial charge in [-0.15, -0.1) is 0 Å². The first-order valence-electron chi connectivity index (χ1n) is 3.35. The Kier molecular flexibility index (Phi) is 1.08. The van der Waals surface area contributed by atoms with Crippen LogP contribution in [0, 0.1) is 0 Å². The maximum absolute atomic E-state index is 10.9. The van der Waals surface area contributed by atoms with Crippen LogP contribution < -0.4 is 17.1 Å². The summed E-state index contributed by atoms with van der Waals surface area (Å²) >= 11 is 0. The SMILES string of the molecule is NC1CC1n1c(=O)[nH][nH]c1=O. The number of aromatic nitrogens is 3. The van der Waals surface area contributed by atoms with E-state index in [0.29, 0.717) is 6.42 Å². The quantitative estimate of drug-likeness (QED) is 0.444. The molecule has 0 amide bonds. The second-order valence-corrected chi connectivity index (χ2v) is 2.70. The third-order valence-electron chi connectivity index (χ3n) is 1.85. The molecular weight excluding hydrogens is 148 g/mol. The molecule has 0 radical (unpaired) electrons. The zero-order valence-electron chi connectivity index (χ0n) is 5.70. The molecule has 1 aromatic heterocycles. The van der Waals surface area contributed by atoms with Crippen LogP contribution in [0.15, 0.2) is 9.59 Å². The van der Waals surface area contributed by atoms with Gasteiger partial charge < -0.3 is 5.73 Å². The van der Waals surface area contributed by atoms with Gasteiger partial charge in [0.1, 0.15) is 0 Å². The number of aromatic amines is 2. The van der Waals surface area contributed by atoms with Crippen molar-refractivity contribution in [2.45, 2.75) is 18.5 Å². The molecule has 1 fully saturated rings. The van der Waals surface area contributed by atoms with Crippen molar-refractivity contribution in [2.24, 2.45) is 5.73 Å². The van der Waals surface area contributed by atoms with E-state index in [1.807, 2.05) is 0 Å². The number of hydrogen-bond acceptors (Lipinski definition) is 3. The van der Waals surface area contributed by atoms with Crippen molar-refractivity contribution in [3.8, 4) is 0 Å². The van der Waals surface area contributed by atoms with Gasteiger partial charge in [0.25, 0.3) is 0 Å². The van der Waals surface area contributed by atoms with E-state index in [0.717, 1.165) is 4.57 Å². The van der Waals surface area contributed by atoms with E-state index < -0.39 is 11.4 Å². The zero-order chi connectivity index (χ0) is 8.01. The minimum absolute atomic E-state index is 0.0374. The highest BCUT2D eigenvalue weighted by atomic mass is 16.2. The van der Waals surface area contributed by atoms with Crippen LogP contribution in [0.3, 0.4) is 0 Å². The van der Waals surface area contributed by atoms with Crippen LogP contribution in [-0.2, 0) is 0 Å². The van der Waals surface area contributed by atoms with Crippen LogP contribution in [0.25, 0.3) is 0 Å². The fraction of sp³-hybridized carbons (Fsp3) is 0.600. The molecule has 11 heavy (non-hydrogen) atoms. The monoisotopic (exact) mass is 156 g/mol. The van der Waals surface area contributed by atoms with Gasteiger partial charge in [0.15, 0.2) is 0 Å². The summed E-state index contributed by atoms with van der Waals surface area (Å²) in [7, 11) is 0. The standard InChI is InChI=1S/C5H8N4O2/c6-2-1-3(2)9-4(10)7-8-5(9)11/h2-3H,1,6H2,(H,7,10)(H,8,11). The molecule has 60 valence electrons. The molecule has 1 saturated carbocycles. The highest BCUT2D eigenvalue weighted by Crippen LogP contribution is 2.30. The first kappa shape index (κ1) is 6.41. The van der Waals surface area contributed by atoms with Gasteiger partial charge in [-0.25, -0.2) is 24.4 Å². The summed E-state index contributed by atoms with van der Waals surface area (Å²) in [6, 6.07) is -0.137. The molecule has 0 bridgehead atoms. The molecule has 1 heterocycles. The Labute approximate surface area is 61.0 Å². The van der Waals surface area contributed by atoms with Crippen LogP contribution in [-0.4, -0.2) is 20.8 Å². The molecule has 1 aliphatic carbocycles. The number of nitrogens with one attached hydrogen (secondary N) is 2. The van der Waals surface area contributed by atoms with Crippen molar-refractivity contribution in [3.05, 3.63) is 21.0 Å². The van der Waals surface area contributed by atoms with E-state index in [-0.39, 0.29) is 12.1 Å². The normalized spacial score (nSPS) is 28.8. The molecule has 6 nitrogen and oxygen atoms in total. The first-order chi connectivity index (χ1) is 5.20. The summed E-state index contributed by atoms with van der Waals surface area (Å²) in [5, 5.41) is 4.39. The van der Waals surface area contributed by atoms with Gasteiger partial charge in [0.05, 0.1) is 6.04 Å². The zero-order valence-corrected chi connectivity index (χ0v) is 5.70. The van der Waals surface area contributed by atoms with E-state index in [1.54, 1.807) is 0 Å². The predicted octanol–water partition coefficient (Wildman–Crippen LogP) is -1.86. The lowest BCUT2D eigenvalue weighted by atomic mass is 10.6. The highest BCUT2D eigenvalue weighted by molar-refractivity contribution is 4.96. The third kappa shape index (κ3) is 0.829. The summed E-state index contributed by atoms with van der Waals surface area (Å²) in [5.41, 5.74) is 4.65. The molecule has 2 rings (SSSR count). The Hall–Kier alpha value is -1.30. The van der Waals surface area contributed by atoms with E-state index in [9.17, 15) is 9.59 Å². The summed E-state index contributed by atoms with van der Waals surface area (Å²) in [4.78, 5) is 21.8. The van der Waals surface area contributed by atoms with Crippen molar-refractivity contribution in [1.82, 2.24) is 14.8 Å². The molecule has 6 heteroatoms. The molecule has 2 unspecified atom stereocenters. The minimum Gasteiger partial charge on any atom is -0.326 e. The van der Waals surface area contributed by atoms with E-state index in [1.165, 1.54) is 0 Å². The number of nitrogens with zero attached hydrogens (tertiary/aromatic N) is 1. The van der Waals surface area contributed by atoms with Crippen molar-refractivity contribution in [1.29, 1.82) is 0 Å². The fourth-order valence-corrected chi connectivity index (χ4v) is 1.12. The summed E-state index contributed by atoms with van der Waals surface area (Å²) in [6.45, 7) is 0. The second kappa shape index (κ2) is 1.85. The van der Waals surface area contributed by atoms with E-state index in [2.05, 4.69) is 10.2 Å². The molecule has 0 spiro atoms. The summed E-state index contributed by atoms with van der Waals surface area (Å²) < 4.78 is 1.12. The molecular formula is C5H8N4O2. The van der Waals surface area contributed by atoms with Gasteiger partial charge in [-0.2, -0.15) is 0 Å². The number of H-pyrrole nitrogens is 2. The molecule has 0 aromatic carbocycles. The molecule has 1 aromatic rings. The van der Waals surface area contributed by atoms with Gasteiger partial charge in [0, 0.05) is 6.04 Å². The Balaban J connectivity index is 2.52. The van der Waals surface area contributed by atoms with Gasteiger partial charge >= 0.3 is 11.4 Å². The van der Waals surface area contributed by atoms with Crippen molar-refractivity contribution in [3.63, 3.8) is 0 Å². The summed E-state index contributed by atoms with van der Waals surface area (Å²) in [6.07, 6.45) is 0.709. The average Bonchev–Trinajstić information content (AvgIpc) is 2.54. The van der Waals surface area contributed by atoms with Crippen molar-refractivity contribution < 1.29 is 0 Å². The maximum atomic E-state index is 10.9. The first-order valence-corrected chi connectivity index (χ1v) is 3.35. The van der Waals surface area contributed by atoms with Gasteiger partial charge in [0.2, 0.25) is 0 Å². The second-order valence-electron chi connectivity index (χ2n) is 2.70.